The average molecular weight is 272 g/mol. The highest BCUT2D eigenvalue weighted by Gasteiger charge is 2.32. The Morgan fingerprint density at radius 3 is 3.07 bits per heavy atom. The van der Waals surface area contributed by atoms with E-state index in [1.54, 1.807) is 6.26 Å². The molecule has 2 atom stereocenters. The number of amides is 1. The van der Waals surface area contributed by atoms with Crippen LogP contribution in [0.1, 0.15) is 19.1 Å². The molecular weight excluding hydrogens is 258 g/mol. The maximum absolute atomic E-state index is 11.7. The van der Waals surface area contributed by atoms with E-state index in [2.05, 4.69) is 22.9 Å². The molecule has 82 valence electrons. The van der Waals surface area contributed by atoms with Crippen LogP contribution in [0.2, 0.25) is 0 Å². The normalized spacial score (nSPS) is 23.5. The van der Waals surface area contributed by atoms with E-state index in [9.17, 15) is 4.79 Å². The Kier molecular flexibility index (Phi) is 3.14. The van der Waals surface area contributed by atoms with E-state index in [-0.39, 0.29) is 16.8 Å². The van der Waals surface area contributed by atoms with Crippen molar-refractivity contribution >= 4 is 21.8 Å². The van der Waals surface area contributed by atoms with Crippen LogP contribution in [0, 0.1) is 0 Å². The lowest BCUT2D eigenvalue weighted by Gasteiger charge is -2.23. The number of furan rings is 1. The Labute approximate surface area is 97.6 Å². The molecule has 3 nitrogen and oxygen atoms in total. The summed E-state index contributed by atoms with van der Waals surface area (Å²) >= 11 is 3.38. The third-order valence-electron chi connectivity index (χ3n) is 2.78. The van der Waals surface area contributed by atoms with E-state index in [1.807, 2.05) is 17.0 Å². The molecule has 1 aliphatic heterocycles. The largest absolute Gasteiger partial charge is 0.469 e. The van der Waals surface area contributed by atoms with E-state index in [0.29, 0.717) is 0 Å². The van der Waals surface area contributed by atoms with Gasteiger partial charge in [0.2, 0.25) is 5.91 Å². The van der Waals surface area contributed by atoms with Gasteiger partial charge < -0.3 is 9.32 Å². The molecule has 1 amide bonds. The van der Waals surface area contributed by atoms with Crippen LogP contribution < -0.4 is 0 Å². The van der Waals surface area contributed by atoms with Crippen molar-refractivity contribution in [1.29, 1.82) is 0 Å². The lowest BCUT2D eigenvalue weighted by Crippen LogP contribution is -2.37. The Bertz CT molecular complexity index is 336. The van der Waals surface area contributed by atoms with Gasteiger partial charge in [-0.3, -0.25) is 4.79 Å². The third-order valence-corrected chi connectivity index (χ3v) is 3.63. The number of halogens is 1. The van der Waals surface area contributed by atoms with Crippen molar-refractivity contribution in [3.63, 3.8) is 0 Å². The van der Waals surface area contributed by atoms with Crippen molar-refractivity contribution in [2.24, 2.45) is 0 Å². The lowest BCUT2D eigenvalue weighted by atomic mass is 10.2. The zero-order chi connectivity index (χ0) is 10.8. The van der Waals surface area contributed by atoms with Crippen LogP contribution in [0.15, 0.2) is 22.8 Å². The highest BCUT2D eigenvalue weighted by Crippen LogP contribution is 2.22. The summed E-state index contributed by atoms with van der Waals surface area (Å²) in [6.07, 6.45) is 3.36. The van der Waals surface area contributed by atoms with Crippen LogP contribution in [0.5, 0.6) is 0 Å². The Morgan fingerprint density at radius 2 is 2.53 bits per heavy atom. The van der Waals surface area contributed by atoms with Crippen molar-refractivity contribution in [2.45, 2.75) is 30.6 Å². The number of carbonyl (C=O) groups excluding carboxylic acids is 1. The smallest absolute Gasteiger partial charge is 0.236 e. The van der Waals surface area contributed by atoms with Gasteiger partial charge in [-0.1, -0.05) is 15.9 Å². The van der Waals surface area contributed by atoms with E-state index in [1.165, 1.54) is 0 Å². The minimum atomic E-state index is 0.0107. The number of hydrogen-bond acceptors (Lipinski definition) is 2. The summed E-state index contributed by atoms with van der Waals surface area (Å²) in [5, 5.41) is 0. The minimum Gasteiger partial charge on any atom is -0.469 e. The van der Waals surface area contributed by atoms with Gasteiger partial charge in [0, 0.05) is 19.0 Å². The first kappa shape index (κ1) is 10.7. The van der Waals surface area contributed by atoms with Gasteiger partial charge in [-0.15, -0.1) is 0 Å². The molecule has 0 spiro atoms. The second-order valence-corrected chi connectivity index (χ2v) is 5.03. The van der Waals surface area contributed by atoms with Crippen molar-refractivity contribution in [2.75, 3.05) is 6.54 Å². The fraction of sp³-hybridized carbons (Fsp3) is 0.545. The summed E-state index contributed by atoms with van der Waals surface area (Å²) in [4.78, 5) is 13.7. The first-order chi connectivity index (χ1) is 7.18. The Morgan fingerprint density at radius 1 is 1.73 bits per heavy atom. The van der Waals surface area contributed by atoms with Crippen LogP contribution in [-0.2, 0) is 11.2 Å². The number of rotatable bonds is 3. The molecule has 1 aliphatic rings. The molecule has 1 aromatic heterocycles. The third kappa shape index (κ3) is 2.25. The summed E-state index contributed by atoms with van der Waals surface area (Å²) in [5.74, 6) is 1.14. The van der Waals surface area contributed by atoms with Gasteiger partial charge in [0.1, 0.15) is 5.76 Å². The molecule has 2 heterocycles. The monoisotopic (exact) mass is 271 g/mol. The van der Waals surface area contributed by atoms with Gasteiger partial charge in [-0.2, -0.15) is 0 Å². The van der Waals surface area contributed by atoms with Crippen LogP contribution >= 0.6 is 15.9 Å². The predicted molar refractivity (Wildman–Crippen MR) is 60.9 cm³/mol. The van der Waals surface area contributed by atoms with Gasteiger partial charge >= 0.3 is 0 Å². The van der Waals surface area contributed by atoms with Gasteiger partial charge in [0.25, 0.3) is 0 Å². The van der Waals surface area contributed by atoms with Crippen LogP contribution in [-0.4, -0.2) is 28.2 Å². The molecule has 0 aliphatic carbocycles. The molecule has 0 bridgehead atoms. The van der Waals surface area contributed by atoms with E-state index in [4.69, 9.17) is 4.42 Å². The van der Waals surface area contributed by atoms with Crippen molar-refractivity contribution in [3.8, 4) is 0 Å². The van der Waals surface area contributed by atoms with Crippen LogP contribution in [0.3, 0.4) is 0 Å². The van der Waals surface area contributed by atoms with Crippen molar-refractivity contribution < 1.29 is 9.21 Å². The first-order valence-corrected chi connectivity index (χ1v) is 6.07. The van der Waals surface area contributed by atoms with Gasteiger partial charge in [0.05, 0.1) is 11.1 Å². The Balaban J connectivity index is 1.97. The lowest BCUT2D eigenvalue weighted by molar-refractivity contribution is -0.128. The van der Waals surface area contributed by atoms with Gasteiger partial charge in [-0.05, 0) is 25.5 Å². The van der Waals surface area contributed by atoms with Crippen LogP contribution in [0.4, 0.5) is 0 Å². The Hall–Kier alpha value is -0.770. The average Bonchev–Trinajstić information content (AvgIpc) is 2.79. The molecule has 0 aromatic carbocycles. The number of likely N-dealkylation sites (tertiary alicyclic amines) is 1. The minimum absolute atomic E-state index is 0.0107. The van der Waals surface area contributed by atoms with E-state index >= 15 is 0 Å². The SMILES string of the molecule is CC(Cc1ccco1)N1CCC(Br)C1=O. The predicted octanol–water partition coefficient (Wildman–Crippen LogP) is 2.21. The van der Waals surface area contributed by atoms with Crippen LogP contribution in [0.25, 0.3) is 0 Å². The zero-order valence-electron chi connectivity index (χ0n) is 8.65. The van der Waals surface area contributed by atoms with Gasteiger partial charge in [-0.25, -0.2) is 0 Å². The summed E-state index contributed by atoms with van der Waals surface area (Å²) in [7, 11) is 0. The molecule has 2 rings (SSSR count). The second-order valence-electron chi connectivity index (χ2n) is 3.92. The van der Waals surface area contributed by atoms with Crippen molar-refractivity contribution in [1.82, 2.24) is 4.90 Å². The number of alkyl halides is 1. The molecule has 4 heteroatoms. The molecule has 15 heavy (non-hydrogen) atoms. The molecule has 1 saturated heterocycles. The number of carbonyl (C=O) groups is 1. The zero-order valence-corrected chi connectivity index (χ0v) is 10.2. The van der Waals surface area contributed by atoms with Gasteiger partial charge in [0.15, 0.2) is 0 Å². The summed E-state index contributed by atoms with van der Waals surface area (Å²) in [6, 6.07) is 4.04. The maximum atomic E-state index is 11.7. The van der Waals surface area contributed by atoms with E-state index in [0.717, 1.165) is 25.1 Å². The second kappa shape index (κ2) is 4.39. The molecule has 0 radical (unpaired) electrons. The quantitative estimate of drug-likeness (QED) is 0.790. The van der Waals surface area contributed by atoms with E-state index < -0.39 is 0 Å². The number of hydrogen-bond donors (Lipinski definition) is 0. The molecular formula is C11H14BrNO2. The standard InChI is InChI=1S/C11H14BrNO2/c1-8(7-9-3-2-6-15-9)13-5-4-10(12)11(13)14/h2-3,6,8,10H,4-5,7H2,1H3. The summed E-state index contributed by atoms with van der Waals surface area (Å²) < 4.78 is 5.28. The number of nitrogens with zero attached hydrogens (tertiary/aromatic N) is 1. The topological polar surface area (TPSA) is 33.5 Å². The van der Waals surface area contributed by atoms with Crippen molar-refractivity contribution in [3.05, 3.63) is 24.2 Å². The first-order valence-electron chi connectivity index (χ1n) is 5.15. The molecule has 0 saturated carbocycles. The molecule has 1 fully saturated rings. The highest BCUT2D eigenvalue weighted by molar-refractivity contribution is 9.10. The fourth-order valence-electron chi connectivity index (χ4n) is 1.93. The maximum Gasteiger partial charge on any atom is 0.236 e. The summed E-state index contributed by atoms with van der Waals surface area (Å²) in [5.41, 5.74) is 0. The summed E-state index contributed by atoms with van der Waals surface area (Å²) in [6.45, 7) is 2.90. The molecule has 2 unspecified atom stereocenters. The highest BCUT2D eigenvalue weighted by atomic mass is 79.9. The fourth-order valence-corrected chi connectivity index (χ4v) is 2.40. The molecule has 1 aromatic rings. The molecule has 0 N–H and O–H groups in total.